The number of para-hydroxylation sites is 2. The molecule has 1 fully saturated rings. The molecule has 4 rings (SSSR count). The van der Waals surface area contributed by atoms with E-state index < -0.39 is 17.0 Å². The van der Waals surface area contributed by atoms with Crippen molar-refractivity contribution < 1.29 is 18.8 Å². The van der Waals surface area contributed by atoms with Crippen LogP contribution in [0.2, 0.25) is 0 Å². The molecular weight excluding hydrogens is 425 g/mol. The third-order valence-corrected chi connectivity index (χ3v) is 6.39. The molecule has 31 heavy (non-hydrogen) atoms. The van der Waals surface area contributed by atoms with Crippen LogP contribution in [0.5, 0.6) is 5.75 Å². The monoisotopic (exact) mass is 453 g/mol. The standard InChI is InChI=1S/C22H27N3O4S.Na.H/c1-15-19(14-30(26)21-24-17-6-4-5-7-18(17)25-21)23-10-8-20(15)27-11-9-16-12-28-22(2,3)29-13-16;;/h4-8,10,16H,9,11-14H2,1-3H3,(H,24,25);;. The molecule has 1 unspecified atom stereocenters. The molecule has 0 bridgehead atoms. The summed E-state index contributed by atoms with van der Waals surface area (Å²) in [5.41, 5.74) is 3.33. The van der Waals surface area contributed by atoms with Gasteiger partial charge in [0.1, 0.15) is 5.75 Å². The van der Waals surface area contributed by atoms with E-state index >= 15 is 0 Å². The van der Waals surface area contributed by atoms with Crippen LogP contribution in [0.25, 0.3) is 11.0 Å². The van der Waals surface area contributed by atoms with Crippen LogP contribution in [0.4, 0.5) is 0 Å². The summed E-state index contributed by atoms with van der Waals surface area (Å²) in [5.74, 6) is 0.867. The number of aromatic nitrogens is 3. The summed E-state index contributed by atoms with van der Waals surface area (Å²) < 4.78 is 30.2. The second-order valence-electron chi connectivity index (χ2n) is 7.95. The Labute approximate surface area is 207 Å². The summed E-state index contributed by atoms with van der Waals surface area (Å²) in [5, 5.41) is 0.462. The number of nitrogens with zero attached hydrogens (tertiary/aromatic N) is 2. The second kappa shape index (κ2) is 10.7. The van der Waals surface area contributed by atoms with Crippen LogP contribution in [0.1, 0.15) is 31.5 Å². The van der Waals surface area contributed by atoms with Gasteiger partial charge in [-0.05, 0) is 45.4 Å². The van der Waals surface area contributed by atoms with Crippen molar-refractivity contribution in [2.45, 2.75) is 43.9 Å². The molecule has 1 aromatic carbocycles. The first-order valence-electron chi connectivity index (χ1n) is 10.1. The Kier molecular flexibility index (Phi) is 8.43. The average Bonchev–Trinajstić information content (AvgIpc) is 3.16. The molecule has 162 valence electrons. The number of hydrogen-bond acceptors (Lipinski definition) is 6. The number of pyridine rings is 1. The number of rotatable bonds is 7. The number of nitrogens with one attached hydrogen (secondary N) is 1. The quantitative estimate of drug-likeness (QED) is 0.437. The van der Waals surface area contributed by atoms with Crippen molar-refractivity contribution in [1.29, 1.82) is 0 Å². The van der Waals surface area contributed by atoms with Gasteiger partial charge in [0.2, 0.25) is 0 Å². The van der Waals surface area contributed by atoms with Crippen LogP contribution in [0.3, 0.4) is 0 Å². The zero-order valence-corrected chi connectivity index (χ0v) is 18.3. The first-order chi connectivity index (χ1) is 14.4. The molecule has 9 heteroatoms. The van der Waals surface area contributed by atoms with Crippen LogP contribution in [-0.4, -0.2) is 74.7 Å². The minimum absolute atomic E-state index is 0. The molecule has 0 aliphatic carbocycles. The number of ether oxygens (including phenoxy) is 3. The molecule has 1 atom stereocenters. The van der Waals surface area contributed by atoms with Gasteiger partial charge >= 0.3 is 34.7 Å². The van der Waals surface area contributed by atoms with E-state index in [9.17, 15) is 4.55 Å². The second-order valence-corrected chi connectivity index (χ2v) is 9.32. The van der Waals surface area contributed by atoms with E-state index in [1.807, 2.05) is 51.1 Å². The van der Waals surface area contributed by atoms with E-state index in [2.05, 4.69) is 15.0 Å². The summed E-state index contributed by atoms with van der Waals surface area (Å²) in [6.45, 7) is 7.71. The number of fused-ring (bicyclic) bond motifs is 1. The van der Waals surface area contributed by atoms with Crippen molar-refractivity contribution in [3.63, 3.8) is 0 Å². The molecular formula is C22H28N3NaO4S. The minimum atomic E-state index is -1.32. The summed E-state index contributed by atoms with van der Waals surface area (Å²) in [4.78, 5) is 12.0. The molecule has 1 N–H and O–H groups in total. The van der Waals surface area contributed by atoms with Crippen molar-refractivity contribution >= 4 is 51.8 Å². The predicted molar refractivity (Wildman–Crippen MR) is 122 cm³/mol. The average molecular weight is 454 g/mol. The van der Waals surface area contributed by atoms with E-state index in [0.717, 1.165) is 34.5 Å². The summed E-state index contributed by atoms with van der Waals surface area (Å²) in [6, 6.07) is 9.50. The molecule has 1 aliphatic heterocycles. The number of imidazole rings is 1. The number of benzene rings is 1. The molecule has 0 radical (unpaired) electrons. The van der Waals surface area contributed by atoms with E-state index in [1.54, 1.807) is 6.20 Å². The van der Waals surface area contributed by atoms with Crippen LogP contribution < -0.4 is 4.74 Å². The molecule has 0 saturated carbocycles. The molecule has 7 nitrogen and oxygen atoms in total. The summed E-state index contributed by atoms with van der Waals surface area (Å²) in [6.07, 6.45) is 2.54. The van der Waals surface area contributed by atoms with Gasteiger partial charge in [-0.1, -0.05) is 12.1 Å². The van der Waals surface area contributed by atoms with Gasteiger partial charge in [0, 0.05) is 28.9 Å². The first-order valence-corrected chi connectivity index (χ1v) is 11.4. The van der Waals surface area contributed by atoms with Gasteiger partial charge in [0.25, 0.3) is 0 Å². The first kappa shape index (κ1) is 24.5. The summed E-state index contributed by atoms with van der Waals surface area (Å²) in [7, 11) is 0. The number of H-pyrrole nitrogens is 1. The van der Waals surface area contributed by atoms with Crippen LogP contribution in [-0.2, 0) is 26.4 Å². The third kappa shape index (κ3) is 6.22. The molecule has 1 aliphatic rings. The van der Waals surface area contributed by atoms with E-state index in [1.165, 1.54) is 0 Å². The molecule has 0 spiro atoms. The van der Waals surface area contributed by atoms with Gasteiger partial charge in [-0.25, -0.2) is 0 Å². The Hall–Kier alpha value is -1.13. The maximum absolute atomic E-state index is 12.8. The number of hydrogen-bond donors (Lipinski definition) is 1. The fourth-order valence-corrected chi connectivity index (χ4v) is 4.42. The summed E-state index contributed by atoms with van der Waals surface area (Å²) >= 11 is -1.32. The number of aromatic amines is 1. The molecule has 3 heterocycles. The fraction of sp³-hybridized carbons (Fsp3) is 0.455. The van der Waals surface area contributed by atoms with Gasteiger partial charge < -0.3 is 18.8 Å². The van der Waals surface area contributed by atoms with Crippen molar-refractivity contribution in [2.75, 3.05) is 19.8 Å². The molecule has 1 saturated heterocycles. The topological polar surface area (TPSA) is 92.3 Å². The molecule has 0 amide bonds. The van der Waals surface area contributed by atoms with E-state index in [-0.39, 0.29) is 35.3 Å². The van der Waals surface area contributed by atoms with Crippen LogP contribution in [0, 0.1) is 12.8 Å². The third-order valence-electron chi connectivity index (χ3n) is 5.23. The van der Waals surface area contributed by atoms with Gasteiger partial charge in [0.15, 0.2) is 11.5 Å². The predicted octanol–water partition coefficient (Wildman–Crippen LogP) is 3.09. The van der Waals surface area contributed by atoms with Crippen molar-refractivity contribution in [1.82, 2.24) is 15.0 Å². The van der Waals surface area contributed by atoms with Gasteiger partial charge in [-0.3, -0.25) is 9.97 Å². The van der Waals surface area contributed by atoms with Crippen molar-refractivity contribution in [3.05, 3.63) is 47.8 Å². The van der Waals surface area contributed by atoms with Gasteiger partial charge in [0.05, 0.1) is 36.5 Å². The van der Waals surface area contributed by atoms with E-state index in [0.29, 0.717) is 30.9 Å². The Morgan fingerprint density at radius 3 is 2.71 bits per heavy atom. The zero-order valence-electron chi connectivity index (χ0n) is 17.5. The Balaban J connectivity index is 0.00000272. The molecule has 2 aromatic heterocycles. The van der Waals surface area contributed by atoms with Gasteiger partial charge in [-0.2, -0.15) is 4.98 Å². The Morgan fingerprint density at radius 1 is 1.23 bits per heavy atom. The molecule has 3 aromatic rings. The van der Waals surface area contributed by atoms with Crippen molar-refractivity contribution in [2.24, 2.45) is 5.92 Å². The zero-order chi connectivity index (χ0) is 21.1. The van der Waals surface area contributed by atoms with Crippen molar-refractivity contribution in [3.8, 4) is 5.75 Å². The SMILES string of the molecule is Cc1c(OCCC2COC(C)(C)OC2)ccnc1C[S+]([O-])c1nc2ccccc2[nH]1.[NaH]. The fourth-order valence-electron chi connectivity index (χ4n) is 3.32. The Morgan fingerprint density at radius 2 is 1.97 bits per heavy atom. The van der Waals surface area contributed by atoms with Gasteiger partial charge in [-0.15, -0.1) is 0 Å². The van der Waals surface area contributed by atoms with Crippen LogP contribution in [0.15, 0.2) is 41.7 Å². The van der Waals surface area contributed by atoms with E-state index in [4.69, 9.17) is 14.2 Å². The normalized spacial score (nSPS) is 17.3. The Bertz CT molecular complexity index is 970. The maximum atomic E-state index is 12.8. The van der Waals surface area contributed by atoms with Crippen LogP contribution >= 0.6 is 0 Å².